The van der Waals surface area contributed by atoms with Crippen LogP contribution in [0.25, 0.3) is 0 Å². The zero-order chi connectivity index (χ0) is 12.4. The van der Waals surface area contributed by atoms with Gasteiger partial charge in [0.05, 0.1) is 0 Å². The maximum atomic E-state index is 9.60. The van der Waals surface area contributed by atoms with Crippen LogP contribution in [0.2, 0.25) is 0 Å². The predicted octanol–water partition coefficient (Wildman–Crippen LogP) is 1.61. The Morgan fingerprint density at radius 3 is 2.19 bits per heavy atom. The summed E-state index contributed by atoms with van der Waals surface area (Å²) < 4.78 is 4.55. The molecule has 0 saturated heterocycles. The van der Waals surface area contributed by atoms with E-state index in [2.05, 4.69) is 10.2 Å². The molecular formula is C12H20N2O2. The van der Waals surface area contributed by atoms with Crippen molar-refractivity contribution in [1.82, 2.24) is 5.43 Å². The topological polar surface area (TPSA) is 64.3 Å². The average molecular weight is 224 g/mol. The average Bonchev–Trinajstić information content (AvgIpc) is 2.19. The summed E-state index contributed by atoms with van der Waals surface area (Å²) in [6, 6.07) is 10.0. The molecule has 0 amide bonds. The fourth-order valence-corrected chi connectivity index (χ4v) is 0.858. The number of carbonyl (C=O) groups is 1. The number of nitrogens with one attached hydrogen (secondary N) is 1. The molecule has 16 heavy (non-hydrogen) atoms. The summed E-state index contributed by atoms with van der Waals surface area (Å²) in [6.45, 7) is 6.66. The molecule has 90 valence electrons. The van der Waals surface area contributed by atoms with E-state index in [0.717, 1.165) is 6.54 Å². The molecule has 0 heterocycles. The van der Waals surface area contributed by atoms with Crippen LogP contribution < -0.4 is 11.3 Å². The Kier molecular flexibility index (Phi) is 7.16. The maximum absolute atomic E-state index is 9.60. The third kappa shape index (κ3) is 9.18. The first-order valence-corrected chi connectivity index (χ1v) is 5.08. The van der Waals surface area contributed by atoms with Crippen LogP contribution in [0.5, 0.6) is 0 Å². The molecule has 1 rings (SSSR count). The van der Waals surface area contributed by atoms with Crippen molar-refractivity contribution in [1.29, 1.82) is 0 Å². The lowest BCUT2D eigenvalue weighted by Crippen LogP contribution is -2.20. The van der Waals surface area contributed by atoms with Gasteiger partial charge in [0.2, 0.25) is 0 Å². The summed E-state index contributed by atoms with van der Waals surface area (Å²) in [5.41, 5.74) is 3.47. The lowest BCUT2D eigenvalue weighted by molar-refractivity contribution is -0.138. The van der Waals surface area contributed by atoms with Gasteiger partial charge in [-0.1, -0.05) is 30.3 Å². The molecule has 0 aromatic heterocycles. The Bertz CT molecular complexity index is 281. The summed E-state index contributed by atoms with van der Waals surface area (Å²) in [7, 11) is 0. The molecule has 0 bridgehead atoms. The number of benzene rings is 1. The van der Waals surface area contributed by atoms with E-state index < -0.39 is 0 Å². The third-order valence-electron chi connectivity index (χ3n) is 1.55. The van der Waals surface area contributed by atoms with E-state index in [9.17, 15) is 4.79 Å². The van der Waals surface area contributed by atoms with Crippen LogP contribution in [-0.4, -0.2) is 12.1 Å². The maximum Gasteiger partial charge on any atom is 0.293 e. The van der Waals surface area contributed by atoms with Crippen LogP contribution in [-0.2, 0) is 16.1 Å². The van der Waals surface area contributed by atoms with Crippen molar-refractivity contribution in [3.05, 3.63) is 35.9 Å². The van der Waals surface area contributed by atoms with Gasteiger partial charge in [-0.15, -0.1) is 0 Å². The summed E-state index contributed by atoms with van der Waals surface area (Å²) >= 11 is 0. The third-order valence-corrected chi connectivity index (χ3v) is 1.55. The first-order chi connectivity index (χ1) is 7.49. The monoisotopic (exact) mass is 224 g/mol. The molecule has 3 N–H and O–H groups in total. The lowest BCUT2D eigenvalue weighted by atomic mass is 10.2. The van der Waals surface area contributed by atoms with Crippen molar-refractivity contribution in [2.75, 3.05) is 0 Å². The van der Waals surface area contributed by atoms with E-state index in [1.54, 1.807) is 0 Å². The highest BCUT2D eigenvalue weighted by atomic mass is 16.5. The largest absolute Gasteiger partial charge is 0.462 e. The molecule has 0 spiro atoms. The fraction of sp³-hybridized carbons (Fsp3) is 0.417. The van der Waals surface area contributed by atoms with Crippen molar-refractivity contribution in [3.8, 4) is 0 Å². The second kappa shape index (κ2) is 7.84. The Morgan fingerprint density at radius 2 is 1.88 bits per heavy atom. The minimum absolute atomic E-state index is 0.318. The van der Waals surface area contributed by atoms with E-state index in [0.29, 0.717) is 6.47 Å². The minimum atomic E-state index is -0.318. The molecule has 4 nitrogen and oxygen atoms in total. The van der Waals surface area contributed by atoms with E-state index >= 15 is 0 Å². The second-order valence-corrected chi connectivity index (χ2v) is 4.19. The van der Waals surface area contributed by atoms with Gasteiger partial charge in [-0.2, -0.15) is 0 Å². The van der Waals surface area contributed by atoms with Crippen molar-refractivity contribution in [3.63, 3.8) is 0 Å². The quantitative estimate of drug-likeness (QED) is 0.465. The molecule has 4 heteroatoms. The number of nitrogens with two attached hydrogens (primary N) is 1. The molecule has 0 aliphatic carbocycles. The smallest absolute Gasteiger partial charge is 0.293 e. The molecule has 0 aliphatic rings. The normalized spacial score (nSPS) is 10.0. The van der Waals surface area contributed by atoms with E-state index in [4.69, 9.17) is 5.84 Å². The highest BCUT2D eigenvalue weighted by molar-refractivity contribution is 5.37. The Hall–Kier alpha value is -1.39. The van der Waals surface area contributed by atoms with Gasteiger partial charge in [-0.3, -0.25) is 16.1 Å². The predicted molar refractivity (Wildman–Crippen MR) is 64.4 cm³/mol. The highest BCUT2D eigenvalue weighted by Crippen LogP contribution is 2.02. The van der Waals surface area contributed by atoms with Gasteiger partial charge in [0.25, 0.3) is 6.47 Å². The van der Waals surface area contributed by atoms with Gasteiger partial charge in [0.1, 0.15) is 5.60 Å². The second-order valence-electron chi connectivity index (χ2n) is 4.19. The molecule has 0 fully saturated rings. The Labute approximate surface area is 96.8 Å². The Balaban J connectivity index is 0.000000293. The van der Waals surface area contributed by atoms with Crippen LogP contribution in [0.3, 0.4) is 0 Å². The van der Waals surface area contributed by atoms with Crippen molar-refractivity contribution in [2.24, 2.45) is 5.84 Å². The molecule has 0 saturated carbocycles. The molecule has 0 radical (unpaired) electrons. The van der Waals surface area contributed by atoms with Crippen molar-refractivity contribution < 1.29 is 9.53 Å². The van der Waals surface area contributed by atoms with Crippen LogP contribution in [0.1, 0.15) is 26.3 Å². The summed E-state index contributed by atoms with van der Waals surface area (Å²) in [5, 5.41) is 0. The summed E-state index contributed by atoms with van der Waals surface area (Å²) in [4.78, 5) is 9.60. The number of hydrogen-bond acceptors (Lipinski definition) is 4. The SMILES string of the molecule is CC(C)(C)OC=O.NNCc1ccccc1. The molecule has 1 aromatic rings. The number of hydrogen-bond donors (Lipinski definition) is 2. The summed E-state index contributed by atoms with van der Waals surface area (Å²) in [6.07, 6.45) is 0. The van der Waals surface area contributed by atoms with Crippen LogP contribution in [0, 0.1) is 0 Å². The van der Waals surface area contributed by atoms with Crippen LogP contribution >= 0.6 is 0 Å². The molecule has 0 atom stereocenters. The number of carbonyl (C=O) groups excluding carboxylic acids is 1. The Morgan fingerprint density at radius 1 is 1.31 bits per heavy atom. The van der Waals surface area contributed by atoms with E-state index in [1.165, 1.54) is 5.56 Å². The standard InChI is InChI=1S/C7H10N2.C5H10O2/c8-9-6-7-4-2-1-3-5-7;1-5(2,3)7-4-6/h1-5,9H,6,8H2;4H,1-3H3. The molecule has 1 aromatic carbocycles. The first-order valence-electron chi connectivity index (χ1n) is 5.08. The zero-order valence-electron chi connectivity index (χ0n) is 10.1. The van der Waals surface area contributed by atoms with Gasteiger partial charge >= 0.3 is 0 Å². The van der Waals surface area contributed by atoms with Crippen LogP contribution in [0.4, 0.5) is 0 Å². The fourth-order valence-electron chi connectivity index (χ4n) is 0.858. The lowest BCUT2D eigenvalue weighted by Gasteiger charge is -2.14. The van der Waals surface area contributed by atoms with Gasteiger partial charge in [-0.05, 0) is 26.3 Å². The van der Waals surface area contributed by atoms with Crippen LogP contribution in [0.15, 0.2) is 30.3 Å². The molecule has 0 aliphatic heterocycles. The molecule has 0 unspecified atom stereocenters. The van der Waals surface area contributed by atoms with Gasteiger partial charge in [0, 0.05) is 6.54 Å². The number of hydrazine groups is 1. The van der Waals surface area contributed by atoms with Gasteiger partial charge in [-0.25, -0.2) is 0 Å². The van der Waals surface area contributed by atoms with E-state index in [-0.39, 0.29) is 5.60 Å². The number of ether oxygens (including phenoxy) is 1. The summed E-state index contributed by atoms with van der Waals surface area (Å²) in [5.74, 6) is 5.11. The first kappa shape index (κ1) is 14.6. The van der Waals surface area contributed by atoms with E-state index in [1.807, 2.05) is 51.1 Å². The molecular weight excluding hydrogens is 204 g/mol. The van der Waals surface area contributed by atoms with Gasteiger partial charge in [0.15, 0.2) is 0 Å². The van der Waals surface area contributed by atoms with Gasteiger partial charge < -0.3 is 4.74 Å². The zero-order valence-corrected chi connectivity index (χ0v) is 10.1. The minimum Gasteiger partial charge on any atom is -0.462 e. The van der Waals surface area contributed by atoms with Crippen molar-refractivity contribution >= 4 is 6.47 Å². The number of rotatable bonds is 3. The van der Waals surface area contributed by atoms with Crippen molar-refractivity contribution in [2.45, 2.75) is 32.9 Å². The highest BCUT2D eigenvalue weighted by Gasteiger charge is 2.07.